The molecule has 0 saturated heterocycles. The highest BCUT2D eigenvalue weighted by Gasteiger charge is 2.14. The summed E-state index contributed by atoms with van der Waals surface area (Å²) >= 11 is 0. The molecule has 4 rings (SSSR count). The van der Waals surface area contributed by atoms with Gasteiger partial charge in [0.1, 0.15) is 5.78 Å². The van der Waals surface area contributed by atoms with Crippen LogP contribution in [0.15, 0.2) is 108 Å². The molecule has 4 aromatic rings. The maximum atomic E-state index is 12.7. The topological polar surface area (TPSA) is 76.1 Å². The van der Waals surface area contributed by atoms with Crippen LogP contribution >= 0.6 is 0 Å². The summed E-state index contributed by atoms with van der Waals surface area (Å²) in [5, 5.41) is 0. The lowest BCUT2D eigenvalue weighted by Crippen LogP contribution is -2.13. The van der Waals surface area contributed by atoms with Crippen LogP contribution in [0.25, 0.3) is 11.1 Å². The van der Waals surface area contributed by atoms with E-state index >= 15 is 0 Å². The molecule has 0 unspecified atom stereocenters. The van der Waals surface area contributed by atoms with Crippen molar-refractivity contribution in [2.75, 3.05) is 4.72 Å². The molecule has 0 aliphatic rings. The van der Waals surface area contributed by atoms with Gasteiger partial charge < -0.3 is 0 Å². The van der Waals surface area contributed by atoms with E-state index in [1.165, 1.54) is 0 Å². The fourth-order valence-electron chi connectivity index (χ4n) is 3.38. The van der Waals surface area contributed by atoms with Crippen LogP contribution in [0.5, 0.6) is 0 Å². The molecule has 6 heteroatoms. The monoisotopic (exact) mass is 442 g/mol. The molecule has 0 aliphatic heterocycles. The SMILES string of the molecule is O=C(Cc1ccc(NS(=O)(=O)c2ccc(-c3ccccc3)cc2)cc1)Cc1cccnc1. The average Bonchev–Trinajstić information content (AvgIpc) is 2.81. The Morgan fingerprint density at radius 3 is 2.03 bits per heavy atom. The van der Waals surface area contributed by atoms with E-state index in [1.807, 2.05) is 36.4 Å². The standard InChI is InChI=1S/C26H22N2O3S/c29-25(18-21-5-4-16-27-19-21)17-20-8-12-24(13-9-20)28-32(30,31)26-14-10-23(11-15-26)22-6-2-1-3-7-22/h1-16,19,28H,17-18H2. The van der Waals surface area contributed by atoms with Crippen molar-refractivity contribution in [3.8, 4) is 11.1 Å². The second kappa shape index (κ2) is 9.58. The van der Waals surface area contributed by atoms with Crippen LogP contribution in [0.4, 0.5) is 5.69 Å². The van der Waals surface area contributed by atoms with Gasteiger partial charge in [0.05, 0.1) is 4.90 Å². The van der Waals surface area contributed by atoms with E-state index < -0.39 is 10.0 Å². The van der Waals surface area contributed by atoms with Gasteiger partial charge >= 0.3 is 0 Å². The summed E-state index contributed by atoms with van der Waals surface area (Å²) in [4.78, 5) is 16.5. The first-order valence-corrected chi connectivity index (χ1v) is 11.7. The summed E-state index contributed by atoms with van der Waals surface area (Å²) in [6.45, 7) is 0. The third kappa shape index (κ3) is 5.47. The zero-order chi connectivity index (χ0) is 22.4. The van der Waals surface area contributed by atoms with Crippen LogP contribution < -0.4 is 4.72 Å². The van der Waals surface area contributed by atoms with Crippen LogP contribution in [0.3, 0.4) is 0 Å². The molecule has 0 saturated carbocycles. The number of hydrogen-bond donors (Lipinski definition) is 1. The predicted molar refractivity (Wildman–Crippen MR) is 126 cm³/mol. The number of hydrogen-bond acceptors (Lipinski definition) is 4. The fraction of sp³-hybridized carbons (Fsp3) is 0.0769. The van der Waals surface area contributed by atoms with Crippen molar-refractivity contribution in [1.82, 2.24) is 4.98 Å². The number of anilines is 1. The second-order valence-corrected chi connectivity index (χ2v) is 9.13. The minimum atomic E-state index is -3.71. The molecule has 1 N–H and O–H groups in total. The van der Waals surface area contributed by atoms with Crippen molar-refractivity contribution in [2.24, 2.45) is 0 Å². The molecule has 32 heavy (non-hydrogen) atoms. The number of carbonyl (C=O) groups excluding carboxylic acids is 1. The van der Waals surface area contributed by atoms with Gasteiger partial charge in [0.25, 0.3) is 10.0 Å². The molecule has 160 valence electrons. The van der Waals surface area contributed by atoms with E-state index in [0.717, 1.165) is 22.3 Å². The molecule has 0 bridgehead atoms. The van der Waals surface area contributed by atoms with Crippen LogP contribution in [0.1, 0.15) is 11.1 Å². The molecular weight excluding hydrogens is 420 g/mol. The Kier molecular flexibility index (Phi) is 6.42. The number of rotatable bonds is 8. The number of nitrogens with one attached hydrogen (secondary N) is 1. The summed E-state index contributed by atoms with van der Waals surface area (Å²) in [5.41, 5.74) is 4.12. The number of sulfonamides is 1. The smallest absolute Gasteiger partial charge is 0.261 e. The van der Waals surface area contributed by atoms with Crippen molar-refractivity contribution < 1.29 is 13.2 Å². The number of ketones is 1. The van der Waals surface area contributed by atoms with Crippen molar-refractivity contribution >= 4 is 21.5 Å². The zero-order valence-electron chi connectivity index (χ0n) is 17.3. The number of nitrogens with zero attached hydrogens (tertiary/aromatic N) is 1. The van der Waals surface area contributed by atoms with Crippen molar-refractivity contribution in [3.63, 3.8) is 0 Å². The Morgan fingerprint density at radius 1 is 0.719 bits per heavy atom. The number of carbonyl (C=O) groups is 1. The Morgan fingerprint density at radius 2 is 1.38 bits per heavy atom. The largest absolute Gasteiger partial charge is 0.299 e. The van der Waals surface area contributed by atoms with Crippen molar-refractivity contribution in [2.45, 2.75) is 17.7 Å². The lowest BCUT2D eigenvalue weighted by molar-refractivity contribution is -0.117. The molecule has 0 fully saturated rings. The first-order valence-electron chi connectivity index (χ1n) is 10.2. The summed E-state index contributed by atoms with van der Waals surface area (Å²) in [6.07, 6.45) is 3.96. The summed E-state index contributed by atoms with van der Waals surface area (Å²) < 4.78 is 28.1. The molecule has 3 aromatic carbocycles. The van der Waals surface area contributed by atoms with Crippen LogP contribution in [0, 0.1) is 0 Å². The highest BCUT2D eigenvalue weighted by atomic mass is 32.2. The molecule has 0 spiro atoms. The van der Waals surface area contributed by atoms with Gasteiger partial charge in [-0.1, -0.05) is 60.7 Å². The molecule has 0 aliphatic carbocycles. The number of Topliss-reactive ketones (excluding diaryl/α,β-unsaturated/α-hetero) is 1. The molecule has 0 atom stereocenters. The lowest BCUT2D eigenvalue weighted by Gasteiger charge is -2.10. The Labute approximate surface area is 187 Å². The van der Waals surface area contributed by atoms with Gasteiger partial charge in [-0.05, 0) is 52.6 Å². The summed E-state index contributed by atoms with van der Waals surface area (Å²) in [5.74, 6) is 0.0739. The van der Waals surface area contributed by atoms with E-state index in [4.69, 9.17) is 0 Å². The maximum Gasteiger partial charge on any atom is 0.261 e. The Bertz CT molecular complexity index is 1290. The zero-order valence-corrected chi connectivity index (χ0v) is 18.1. The highest BCUT2D eigenvalue weighted by molar-refractivity contribution is 7.92. The van der Waals surface area contributed by atoms with Crippen LogP contribution in [-0.4, -0.2) is 19.2 Å². The van der Waals surface area contributed by atoms with Gasteiger partial charge in [0.15, 0.2) is 0 Å². The minimum Gasteiger partial charge on any atom is -0.299 e. The molecule has 1 aromatic heterocycles. The maximum absolute atomic E-state index is 12.7. The van der Waals surface area contributed by atoms with Gasteiger partial charge in [-0.2, -0.15) is 0 Å². The average molecular weight is 443 g/mol. The Hall–Kier alpha value is -3.77. The van der Waals surface area contributed by atoms with Crippen LogP contribution in [-0.2, 0) is 27.7 Å². The van der Waals surface area contributed by atoms with Crippen molar-refractivity contribution in [3.05, 3.63) is 115 Å². The quantitative estimate of drug-likeness (QED) is 0.421. The minimum absolute atomic E-state index is 0.0739. The van der Waals surface area contributed by atoms with E-state index in [-0.39, 0.29) is 17.1 Å². The molecule has 0 amide bonds. The summed E-state index contributed by atoms with van der Waals surface area (Å²) in [7, 11) is -3.71. The van der Waals surface area contributed by atoms with E-state index in [9.17, 15) is 13.2 Å². The van der Waals surface area contributed by atoms with Gasteiger partial charge in [-0.3, -0.25) is 14.5 Å². The second-order valence-electron chi connectivity index (χ2n) is 7.45. The van der Waals surface area contributed by atoms with Crippen molar-refractivity contribution in [1.29, 1.82) is 0 Å². The van der Waals surface area contributed by atoms with Gasteiger partial charge in [-0.15, -0.1) is 0 Å². The van der Waals surface area contributed by atoms with Crippen LogP contribution in [0.2, 0.25) is 0 Å². The molecule has 5 nitrogen and oxygen atoms in total. The van der Waals surface area contributed by atoms with Gasteiger partial charge in [0.2, 0.25) is 0 Å². The lowest BCUT2D eigenvalue weighted by atomic mass is 10.0. The van der Waals surface area contributed by atoms with Gasteiger partial charge in [0, 0.05) is 30.9 Å². The molecule has 1 heterocycles. The normalized spacial score (nSPS) is 11.1. The first-order chi connectivity index (χ1) is 15.5. The Balaban J connectivity index is 1.39. The van der Waals surface area contributed by atoms with E-state index in [2.05, 4.69) is 9.71 Å². The fourth-order valence-corrected chi connectivity index (χ4v) is 4.44. The first kappa shape index (κ1) is 21.5. The summed E-state index contributed by atoms with van der Waals surface area (Å²) in [6, 6.07) is 27.1. The highest BCUT2D eigenvalue weighted by Crippen LogP contribution is 2.22. The molecular formula is C26H22N2O3S. The number of aromatic nitrogens is 1. The van der Waals surface area contributed by atoms with E-state index in [0.29, 0.717) is 12.1 Å². The third-order valence-electron chi connectivity index (χ3n) is 5.00. The van der Waals surface area contributed by atoms with E-state index in [1.54, 1.807) is 67.0 Å². The number of benzene rings is 3. The van der Waals surface area contributed by atoms with Gasteiger partial charge in [-0.25, -0.2) is 8.42 Å². The molecule has 0 radical (unpaired) electrons. The predicted octanol–water partition coefficient (Wildman–Crippen LogP) is 4.90. The number of pyridine rings is 1. The third-order valence-corrected chi connectivity index (χ3v) is 6.40.